The van der Waals surface area contributed by atoms with Crippen molar-refractivity contribution in [1.82, 2.24) is 23.8 Å². The van der Waals surface area contributed by atoms with Crippen LogP contribution in [0.25, 0.3) is 5.65 Å². The predicted molar refractivity (Wildman–Crippen MR) is 126 cm³/mol. The quantitative estimate of drug-likeness (QED) is 0.553. The van der Waals surface area contributed by atoms with Crippen LogP contribution >= 0.6 is 0 Å². The zero-order valence-electron chi connectivity index (χ0n) is 19.2. The first kappa shape index (κ1) is 22.8. The van der Waals surface area contributed by atoms with E-state index in [0.29, 0.717) is 38.2 Å². The number of carbonyl (C=O) groups is 1. The van der Waals surface area contributed by atoms with E-state index in [4.69, 9.17) is 4.74 Å². The molecule has 4 heterocycles. The fourth-order valence-electron chi connectivity index (χ4n) is 5.02. The van der Waals surface area contributed by atoms with Gasteiger partial charge in [-0.05, 0) is 62.1 Å². The molecule has 9 nitrogen and oxygen atoms in total. The fourth-order valence-corrected chi connectivity index (χ4v) is 6.49. The van der Waals surface area contributed by atoms with Crippen LogP contribution in [0.4, 0.5) is 0 Å². The molecule has 0 N–H and O–H groups in total. The van der Waals surface area contributed by atoms with Crippen molar-refractivity contribution in [3.63, 3.8) is 0 Å². The minimum atomic E-state index is -3.59. The summed E-state index contributed by atoms with van der Waals surface area (Å²) in [6, 6.07) is 12.2. The number of ether oxygens (including phenoxy) is 1. The number of hydrogen-bond donors (Lipinski definition) is 0. The lowest BCUT2D eigenvalue weighted by atomic mass is 9.92. The van der Waals surface area contributed by atoms with Crippen molar-refractivity contribution >= 4 is 21.6 Å². The zero-order chi connectivity index (χ0) is 23.7. The molecular formula is C24H29N5O4S. The molecule has 2 aliphatic rings. The number of likely N-dealkylation sites (tertiary alicyclic amines) is 1. The van der Waals surface area contributed by atoms with Gasteiger partial charge in [0.05, 0.1) is 12.0 Å². The second-order valence-corrected chi connectivity index (χ2v) is 10.9. The van der Waals surface area contributed by atoms with Gasteiger partial charge in [0.15, 0.2) is 5.65 Å². The predicted octanol–water partition coefficient (Wildman–Crippen LogP) is 2.54. The van der Waals surface area contributed by atoms with E-state index in [9.17, 15) is 13.2 Å². The van der Waals surface area contributed by atoms with Gasteiger partial charge in [-0.3, -0.25) is 9.20 Å². The summed E-state index contributed by atoms with van der Waals surface area (Å²) in [5.41, 5.74) is 0.811. The maximum Gasteiger partial charge on any atom is 0.243 e. The lowest BCUT2D eigenvalue weighted by Crippen LogP contribution is -2.47. The van der Waals surface area contributed by atoms with E-state index in [1.165, 1.54) is 4.31 Å². The summed E-state index contributed by atoms with van der Waals surface area (Å²) in [6.07, 6.45) is 4.91. The van der Waals surface area contributed by atoms with Gasteiger partial charge >= 0.3 is 0 Å². The summed E-state index contributed by atoms with van der Waals surface area (Å²) in [6.45, 7) is 2.04. The van der Waals surface area contributed by atoms with Crippen molar-refractivity contribution < 1.29 is 17.9 Å². The highest BCUT2D eigenvalue weighted by molar-refractivity contribution is 7.89. The highest BCUT2D eigenvalue weighted by atomic mass is 32.2. The van der Waals surface area contributed by atoms with E-state index >= 15 is 0 Å². The second kappa shape index (κ2) is 9.34. The maximum atomic E-state index is 13.3. The standard InChI is InChI=1S/C24H29N5O4S/c1-33-20-7-9-21(10-8-20)34(31,32)28-15-11-18(12-16-28)24(30)27-13-4-5-19(17-27)23-26-25-22-6-2-3-14-29(22)23/h2-3,6-10,14,18-19H,4-5,11-13,15-17H2,1H3/t19-/m1/s1. The van der Waals surface area contributed by atoms with Crippen LogP contribution in [0.15, 0.2) is 53.6 Å². The molecule has 2 fully saturated rings. The van der Waals surface area contributed by atoms with Crippen molar-refractivity contribution in [2.24, 2.45) is 5.92 Å². The number of hydrogen-bond acceptors (Lipinski definition) is 6. The number of amides is 1. The SMILES string of the molecule is COc1ccc(S(=O)(=O)N2CCC(C(=O)N3CCC[C@@H](c4nnc5ccccn45)C3)CC2)cc1. The number of carbonyl (C=O) groups excluding carboxylic acids is 1. The Bertz CT molecular complexity index is 1270. The average Bonchev–Trinajstić information content (AvgIpc) is 3.33. The number of aromatic nitrogens is 3. The van der Waals surface area contributed by atoms with Crippen LogP contribution < -0.4 is 4.74 Å². The highest BCUT2D eigenvalue weighted by Crippen LogP contribution is 2.30. The van der Waals surface area contributed by atoms with E-state index in [1.807, 2.05) is 33.7 Å². The van der Waals surface area contributed by atoms with Crippen LogP contribution in [-0.4, -0.2) is 71.4 Å². The van der Waals surface area contributed by atoms with Gasteiger partial charge in [0, 0.05) is 44.2 Å². The zero-order valence-corrected chi connectivity index (χ0v) is 20.0. The number of fused-ring (bicyclic) bond motifs is 1. The number of benzene rings is 1. The number of nitrogens with zero attached hydrogens (tertiary/aromatic N) is 5. The fraction of sp³-hybridized carbons (Fsp3) is 0.458. The van der Waals surface area contributed by atoms with Crippen LogP contribution in [-0.2, 0) is 14.8 Å². The number of methoxy groups -OCH3 is 1. The Morgan fingerprint density at radius 3 is 2.50 bits per heavy atom. The van der Waals surface area contributed by atoms with Crippen LogP contribution in [0.2, 0.25) is 0 Å². The molecule has 3 aromatic rings. The molecule has 2 aliphatic heterocycles. The Labute approximate surface area is 199 Å². The average molecular weight is 484 g/mol. The van der Waals surface area contributed by atoms with Gasteiger partial charge in [0.25, 0.3) is 0 Å². The van der Waals surface area contributed by atoms with Crippen LogP contribution in [0, 0.1) is 5.92 Å². The third-order valence-corrected chi connectivity index (χ3v) is 8.85. The van der Waals surface area contributed by atoms with E-state index in [0.717, 1.165) is 30.9 Å². The van der Waals surface area contributed by atoms with Crippen molar-refractivity contribution in [2.45, 2.75) is 36.5 Å². The third kappa shape index (κ3) is 4.27. The van der Waals surface area contributed by atoms with Gasteiger partial charge in [0.1, 0.15) is 11.6 Å². The summed E-state index contributed by atoms with van der Waals surface area (Å²) in [5.74, 6) is 1.62. The summed E-state index contributed by atoms with van der Waals surface area (Å²) in [5, 5.41) is 8.66. The molecule has 0 saturated carbocycles. The largest absolute Gasteiger partial charge is 0.497 e. The van der Waals surface area contributed by atoms with E-state index in [2.05, 4.69) is 10.2 Å². The topological polar surface area (TPSA) is 97.1 Å². The number of piperidine rings is 2. The Balaban J connectivity index is 1.22. The Morgan fingerprint density at radius 2 is 1.76 bits per heavy atom. The van der Waals surface area contributed by atoms with Gasteiger partial charge in [0.2, 0.25) is 15.9 Å². The molecule has 0 bridgehead atoms. The van der Waals surface area contributed by atoms with Crippen molar-refractivity contribution in [1.29, 1.82) is 0 Å². The first-order chi connectivity index (χ1) is 16.5. The summed E-state index contributed by atoms with van der Waals surface area (Å²) < 4.78 is 34.6. The van der Waals surface area contributed by atoms with Crippen molar-refractivity contribution in [3.8, 4) is 5.75 Å². The highest BCUT2D eigenvalue weighted by Gasteiger charge is 2.36. The molecule has 0 unspecified atom stereocenters. The van der Waals surface area contributed by atoms with Gasteiger partial charge < -0.3 is 9.64 Å². The molecule has 2 aromatic heterocycles. The molecule has 5 rings (SSSR count). The summed E-state index contributed by atoms with van der Waals surface area (Å²) in [4.78, 5) is 15.5. The van der Waals surface area contributed by atoms with E-state index in [1.54, 1.807) is 31.4 Å². The Morgan fingerprint density at radius 1 is 1.00 bits per heavy atom. The van der Waals surface area contributed by atoms with Crippen LogP contribution in [0.3, 0.4) is 0 Å². The molecule has 0 radical (unpaired) electrons. The maximum absolute atomic E-state index is 13.3. The lowest BCUT2D eigenvalue weighted by Gasteiger charge is -2.37. The normalized spacial score (nSPS) is 20.5. The molecule has 1 amide bonds. The molecule has 1 atom stereocenters. The molecule has 0 spiro atoms. The second-order valence-electron chi connectivity index (χ2n) is 8.96. The molecule has 10 heteroatoms. The van der Waals surface area contributed by atoms with E-state index < -0.39 is 10.0 Å². The Hall–Kier alpha value is -2.98. The minimum absolute atomic E-state index is 0.125. The van der Waals surface area contributed by atoms with Crippen LogP contribution in [0.5, 0.6) is 5.75 Å². The smallest absolute Gasteiger partial charge is 0.243 e. The van der Waals surface area contributed by atoms with Gasteiger partial charge in [-0.2, -0.15) is 4.31 Å². The minimum Gasteiger partial charge on any atom is -0.497 e. The number of rotatable bonds is 5. The summed E-state index contributed by atoms with van der Waals surface area (Å²) in [7, 11) is -2.04. The summed E-state index contributed by atoms with van der Waals surface area (Å²) >= 11 is 0. The van der Waals surface area contributed by atoms with Crippen LogP contribution in [0.1, 0.15) is 37.4 Å². The van der Waals surface area contributed by atoms with Gasteiger partial charge in [-0.1, -0.05) is 6.07 Å². The van der Waals surface area contributed by atoms with Crippen molar-refractivity contribution in [3.05, 3.63) is 54.5 Å². The Kier molecular flexibility index (Phi) is 6.26. The van der Waals surface area contributed by atoms with E-state index in [-0.39, 0.29) is 22.6 Å². The number of sulfonamides is 1. The molecular weight excluding hydrogens is 454 g/mol. The third-order valence-electron chi connectivity index (χ3n) is 6.94. The molecule has 1 aromatic carbocycles. The van der Waals surface area contributed by atoms with Gasteiger partial charge in [-0.15, -0.1) is 10.2 Å². The lowest BCUT2D eigenvalue weighted by molar-refractivity contribution is -0.138. The molecule has 180 valence electrons. The van der Waals surface area contributed by atoms with Crippen molar-refractivity contribution in [2.75, 3.05) is 33.3 Å². The first-order valence-electron chi connectivity index (χ1n) is 11.7. The number of pyridine rings is 1. The van der Waals surface area contributed by atoms with Gasteiger partial charge in [-0.25, -0.2) is 8.42 Å². The first-order valence-corrected chi connectivity index (χ1v) is 13.1. The monoisotopic (exact) mass is 483 g/mol. The molecule has 2 saturated heterocycles. The molecule has 0 aliphatic carbocycles. The molecule has 34 heavy (non-hydrogen) atoms.